The van der Waals surface area contributed by atoms with Crippen LogP contribution in [0.25, 0.3) is 0 Å². The molecule has 2 aromatic rings. The lowest BCUT2D eigenvalue weighted by atomic mass is 10.3. The summed E-state index contributed by atoms with van der Waals surface area (Å²) in [4.78, 5) is 12.0. The van der Waals surface area contributed by atoms with Gasteiger partial charge in [-0.2, -0.15) is 0 Å². The van der Waals surface area contributed by atoms with Crippen molar-refractivity contribution in [3.63, 3.8) is 0 Å². The second-order valence-corrected chi connectivity index (χ2v) is 4.45. The van der Waals surface area contributed by atoms with Gasteiger partial charge in [-0.1, -0.05) is 18.2 Å². The first-order valence-electron chi connectivity index (χ1n) is 7.01. The van der Waals surface area contributed by atoms with Crippen molar-refractivity contribution in [1.29, 1.82) is 0 Å². The Morgan fingerprint density at radius 1 is 1.05 bits per heavy atom. The zero-order valence-electron chi connectivity index (χ0n) is 12.7. The molecule has 0 aliphatic carbocycles. The average Bonchev–Trinajstić information content (AvgIpc) is 2.55. The van der Waals surface area contributed by atoms with Crippen molar-refractivity contribution >= 4 is 11.6 Å². The van der Waals surface area contributed by atoms with Crippen LogP contribution in [0, 0.1) is 0 Å². The van der Waals surface area contributed by atoms with E-state index in [4.69, 9.17) is 14.2 Å². The van der Waals surface area contributed by atoms with Gasteiger partial charge in [0, 0.05) is 6.07 Å². The highest BCUT2D eigenvalue weighted by Gasteiger charge is 2.08. The molecule has 0 saturated carbocycles. The highest BCUT2D eigenvalue weighted by Crippen LogP contribution is 2.23. The number of benzene rings is 2. The Kier molecular flexibility index (Phi) is 5.65. The summed E-state index contributed by atoms with van der Waals surface area (Å²) in [6, 6.07) is 14.4. The van der Waals surface area contributed by atoms with Gasteiger partial charge in [-0.3, -0.25) is 4.79 Å². The maximum Gasteiger partial charge on any atom is 0.262 e. The number of nitrogens with one attached hydrogen (secondary N) is 1. The molecule has 0 bridgehead atoms. The number of hydrogen-bond donors (Lipinski definition) is 1. The van der Waals surface area contributed by atoms with E-state index >= 15 is 0 Å². The fourth-order valence-electron chi connectivity index (χ4n) is 1.88. The number of rotatable bonds is 7. The third-order valence-corrected chi connectivity index (χ3v) is 2.87. The van der Waals surface area contributed by atoms with Crippen LogP contribution in [0.1, 0.15) is 6.92 Å². The number of amides is 1. The number of carbonyl (C=O) groups is 1. The maximum absolute atomic E-state index is 12.0. The molecule has 0 spiro atoms. The first-order chi connectivity index (χ1) is 10.7. The van der Waals surface area contributed by atoms with Crippen molar-refractivity contribution in [2.24, 2.45) is 0 Å². The molecule has 116 valence electrons. The van der Waals surface area contributed by atoms with E-state index in [1.54, 1.807) is 31.4 Å². The van der Waals surface area contributed by atoms with Crippen molar-refractivity contribution in [3.8, 4) is 17.2 Å². The minimum Gasteiger partial charge on any atom is -0.497 e. The van der Waals surface area contributed by atoms with E-state index in [2.05, 4.69) is 5.32 Å². The van der Waals surface area contributed by atoms with E-state index in [1.807, 2.05) is 31.2 Å². The average molecular weight is 301 g/mol. The molecule has 5 heteroatoms. The third-order valence-electron chi connectivity index (χ3n) is 2.87. The van der Waals surface area contributed by atoms with E-state index in [1.165, 1.54) is 0 Å². The van der Waals surface area contributed by atoms with Crippen LogP contribution in [0.2, 0.25) is 0 Å². The molecule has 0 atom stereocenters. The van der Waals surface area contributed by atoms with Crippen molar-refractivity contribution in [2.45, 2.75) is 6.92 Å². The van der Waals surface area contributed by atoms with E-state index in [9.17, 15) is 4.79 Å². The predicted molar refractivity (Wildman–Crippen MR) is 84.7 cm³/mol. The summed E-state index contributed by atoms with van der Waals surface area (Å²) in [7, 11) is 1.58. The Labute approximate surface area is 129 Å². The number of para-hydroxylation sites is 2. The van der Waals surface area contributed by atoms with Gasteiger partial charge in [0.05, 0.1) is 19.4 Å². The predicted octanol–water partition coefficient (Wildman–Crippen LogP) is 3.11. The van der Waals surface area contributed by atoms with Crippen LogP contribution in [-0.2, 0) is 4.79 Å². The molecule has 5 nitrogen and oxygen atoms in total. The largest absolute Gasteiger partial charge is 0.497 e. The quantitative estimate of drug-likeness (QED) is 0.853. The molecule has 0 fully saturated rings. The Morgan fingerprint density at radius 3 is 2.59 bits per heavy atom. The van der Waals surface area contributed by atoms with E-state index < -0.39 is 0 Å². The molecule has 1 amide bonds. The lowest BCUT2D eigenvalue weighted by Crippen LogP contribution is -2.20. The van der Waals surface area contributed by atoms with Crippen LogP contribution < -0.4 is 19.5 Å². The smallest absolute Gasteiger partial charge is 0.262 e. The summed E-state index contributed by atoms with van der Waals surface area (Å²) in [6.07, 6.45) is 0. The van der Waals surface area contributed by atoms with Gasteiger partial charge < -0.3 is 19.5 Å². The number of hydrogen-bond acceptors (Lipinski definition) is 4. The van der Waals surface area contributed by atoms with E-state index in [-0.39, 0.29) is 12.5 Å². The number of anilines is 1. The molecule has 0 saturated heterocycles. The number of carbonyl (C=O) groups excluding carboxylic acids is 1. The Hall–Kier alpha value is -2.69. The molecular formula is C17H19NO4. The standard InChI is InChI=1S/C17H19NO4/c1-3-21-16-10-5-4-9-15(16)18-17(19)12-22-14-8-6-7-13(11-14)20-2/h4-11H,3,12H2,1-2H3,(H,18,19). The zero-order chi connectivity index (χ0) is 15.8. The van der Waals surface area contributed by atoms with Crippen LogP contribution >= 0.6 is 0 Å². The fraction of sp³-hybridized carbons (Fsp3) is 0.235. The monoisotopic (exact) mass is 301 g/mol. The van der Waals surface area contributed by atoms with Crippen LogP contribution in [0.4, 0.5) is 5.69 Å². The van der Waals surface area contributed by atoms with Gasteiger partial charge in [-0.25, -0.2) is 0 Å². The molecule has 2 rings (SSSR count). The first-order valence-corrected chi connectivity index (χ1v) is 7.01. The molecule has 2 aromatic carbocycles. The minimum atomic E-state index is -0.255. The molecule has 0 aliphatic rings. The Balaban J connectivity index is 1.93. The van der Waals surface area contributed by atoms with Gasteiger partial charge in [0.1, 0.15) is 17.2 Å². The lowest BCUT2D eigenvalue weighted by molar-refractivity contribution is -0.118. The SMILES string of the molecule is CCOc1ccccc1NC(=O)COc1cccc(OC)c1. The number of methoxy groups -OCH3 is 1. The molecule has 22 heavy (non-hydrogen) atoms. The normalized spacial score (nSPS) is 9.91. The van der Waals surface area contributed by atoms with Crippen LogP contribution in [-0.4, -0.2) is 26.2 Å². The van der Waals surface area contributed by atoms with Crippen molar-refractivity contribution < 1.29 is 19.0 Å². The van der Waals surface area contributed by atoms with Crippen LogP contribution in [0.15, 0.2) is 48.5 Å². The van der Waals surface area contributed by atoms with Gasteiger partial charge >= 0.3 is 0 Å². The first kappa shape index (κ1) is 15.7. The molecule has 0 radical (unpaired) electrons. The maximum atomic E-state index is 12.0. The molecule has 0 aliphatic heterocycles. The van der Waals surface area contributed by atoms with Crippen molar-refractivity contribution in [1.82, 2.24) is 0 Å². The highest BCUT2D eigenvalue weighted by atomic mass is 16.5. The third kappa shape index (κ3) is 4.41. The van der Waals surface area contributed by atoms with Gasteiger partial charge in [-0.15, -0.1) is 0 Å². The molecule has 1 N–H and O–H groups in total. The van der Waals surface area contributed by atoms with E-state index in [0.717, 1.165) is 0 Å². The highest BCUT2D eigenvalue weighted by molar-refractivity contribution is 5.93. The topological polar surface area (TPSA) is 56.8 Å². The summed E-state index contributed by atoms with van der Waals surface area (Å²) in [5, 5.41) is 2.77. The molecular weight excluding hydrogens is 282 g/mol. The Morgan fingerprint density at radius 2 is 1.82 bits per heavy atom. The second kappa shape index (κ2) is 7.93. The second-order valence-electron chi connectivity index (χ2n) is 4.45. The zero-order valence-corrected chi connectivity index (χ0v) is 12.7. The van der Waals surface area contributed by atoms with Crippen molar-refractivity contribution in [3.05, 3.63) is 48.5 Å². The number of ether oxygens (including phenoxy) is 3. The van der Waals surface area contributed by atoms with Gasteiger partial charge in [0.2, 0.25) is 0 Å². The summed E-state index contributed by atoms with van der Waals surface area (Å²) in [6.45, 7) is 2.34. The molecule has 0 aromatic heterocycles. The van der Waals surface area contributed by atoms with Crippen LogP contribution in [0.3, 0.4) is 0 Å². The molecule has 0 heterocycles. The lowest BCUT2D eigenvalue weighted by Gasteiger charge is -2.12. The summed E-state index contributed by atoms with van der Waals surface area (Å²) in [5.41, 5.74) is 0.628. The summed E-state index contributed by atoms with van der Waals surface area (Å²) >= 11 is 0. The van der Waals surface area contributed by atoms with Crippen molar-refractivity contribution in [2.75, 3.05) is 25.6 Å². The van der Waals surface area contributed by atoms with Crippen LogP contribution in [0.5, 0.6) is 17.2 Å². The summed E-state index contributed by atoms with van der Waals surface area (Å²) in [5.74, 6) is 1.64. The van der Waals surface area contributed by atoms with Gasteiger partial charge in [0.25, 0.3) is 5.91 Å². The fourth-order valence-corrected chi connectivity index (χ4v) is 1.88. The molecule has 0 unspecified atom stereocenters. The summed E-state index contributed by atoms with van der Waals surface area (Å²) < 4.78 is 16.0. The van der Waals surface area contributed by atoms with E-state index in [0.29, 0.717) is 29.5 Å². The van der Waals surface area contributed by atoms with Gasteiger partial charge in [-0.05, 0) is 31.2 Å². The Bertz CT molecular complexity index is 628. The minimum absolute atomic E-state index is 0.0897. The van der Waals surface area contributed by atoms with Gasteiger partial charge in [0.15, 0.2) is 6.61 Å².